The van der Waals surface area contributed by atoms with Crippen LogP contribution in [0.3, 0.4) is 0 Å². The van der Waals surface area contributed by atoms with Crippen LogP contribution in [0.15, 0.2) is 29.8 Å². The van der Waals surface area contributed by atoms with Crippen LogP contribution in [0.1, 0.15) is 65.6 Å². The molecule has 1 aromatic carbocycles. The van der Waals surface area contributed by atoms with Crippen LogP contribution in [-0.4, -0.2) is 112 Å². The van der Waals surface area contributed by atoms with E-state index in [0.29, 0.717) is 57.8 Å². The molecule has 2 amide bonds. The molecule has 2 aliphatic carbocycles. The van der Waals surface area contributed by atoms with Crippen LogP contribution in [0.5, 0.6) is 5.75 Å². The van der Waals surface area contributed by atoms with Crippen LogP contribution < -0.4 is 15.8 Å². The van der Waals surface area contributed by atoms with Crippen molar-refractivity contribution in [3.8, 4) is 5.75 Å². The number of thiophene rings is 2. The Bertz CT molecular complexity index is 2460. The third-order valence-electron chi connectivity index (χ3n) is 12.3. The predicted molar refractivity (Wildman–Crippen MR) is 235 cm³/mol. The molecule has 14 nitrogen and oxygen atoms in total. The monoisotopic (exact) mass is 871 g/mol. The Morgan fingerprint density at radius 2 is 1.50 bits per heavy atom. The average Bonchev–Trinajstić information content (AvgIpc) is 3.99. The fourth-order valence-electron chi connectivity index (χ4n) is 9.00. The standard InChI is InChI=1S/C27H32N6O3S.C16H18ClN3O2S/c1-15-13-35-6-5-33(15)27(34)17-3-4-20-23(9-17)37-26-24(20)25(30-14-31-26)32-21-7-18-11-29-12-19(18)8-22(21)36-16(2)10-28;1-9-7-22-5-4-20(9)16(21)10-2-3-11-12(6-10)23-15-13(11)14(17)18-8-19-15/h7-8,11,14-17H,3-6,9-10,12-13,28H2,1-2H3,(H,30,31,32);8-10H,2-7H2,1H3/t15-,16+,17+;9-,10+/m11/s1. The Morgan fingerprint density at radius 1 is 0.900 bits per heavy atom. The number of benzene rings is 1. The van der Waals surface area contributed by atoms with Gasteiger partial charge in [0.1, 0.15) is 45.1 Å². The fraction of sp³-hybridized carbons (Fsp3) is 0.512. The molecule has 60 heavy (non-hydrogen) atoms. The van der Waals surface area contributed by atoms with Crippen LogP contribution >= 0.6 is 34.3 Å². The highest BCUT2D eigenvalue weighted by Crippen LogP contribution is 2.43. The molecule has 0 unspecified atom stereocenters. The van der Waals surface area contributed by atoms with E-state index in [1.165, 1.54) is 27.2 Å². The van der Waals surface area contributed by atoms with Gasteiger partial charge >= 0.3 is 0 Å². The Balaban J connectivity index is 0.000000172. The number of hydrogen-bond donors (Lipinski definition) is 2. The number of aromatic nitrogens is 4. The van der Waals surface area contributed by atoms with E-state index in [1.54, 1.807) is 29.0 Å². The molecular weight excluding hydrogens is 822 g/mol. The zero-order valence-corrected chi connectivity index (χ0v) is 36.5. The maximum atomic E-state index is 13.3. The quantitative estimate of drug-likeness (QED) is 0.180. The molecule has 316 valence electrons. The molecule has 2 fully saturated rings. The summed E-state index contributed by atoms with van der Waals surface area (Å²) in [7, 11) is 0. The van der Waals surface area contributed by atoms with Gasteiger partial charge in [-0.3, -0.25) is 14.6 Å². The van der Waals surface area contributed by atoms with Gasteiger partial charge in [-0.25, -0.2) is 19.9 Å². The number of halogens is 1. The van der Waals surface area contributed by atoms with Gasteiger partial charge in [-0.2, -0.15) is 0 Å². The van der Waals surface area contributed by atoms with E-state index in [-0.39, 0.29) is 41.8 Å². The van der Waals surface area contributed by atoms with Crippen molar-refractivity contribution < 1.29 is 23.8 Å². The van der Waals surface area contributed by atoms with E-state index in [0.717, 1.165) is 87.3 Å². The zero-order valence-electron chi connectivity index (χ0n) is 34.1. The summed E-state index contributed by atoms with van der Waals surface area (Å²) in [5, 5.41) is 6.10. The van der Waals surface area contributed by atoms with Gasteiger partial charge in [0.25, 0.3) is 0 Å². The second kappa shape index (κ2) is 17.6. The number of amides is 2. The molecule has 10 rings (SSSR count). The largest absolute Gasteiger partial charge is 0.487 e. The van der Waals surface area contributed by atoms with Gasteiger partial charge in [0, 0.05) is 47.4 Å². The highest BCUT2D eigenvalue weighted by Gasteiger charge is 2.36. The molecule has 7 heterocycles. The molecular formula is C43H50ClN9O5S2. The molecule has 3 N–H and O–H groups in total. The topological polar surface area (TPSA) is 170 Å². The van der Waals surface area contributed by atoms with Crippen LogP contribution in [-0.2, 0) is 51.3 Å². The third kappa shape index (κ3) is 8.09. The van der Waals surface area contributed by atoms with Crippen molar-refractivity contribution in [1.29, 1.82) is 0 Å². The van der Waals surface area contributed by atoms with E-state index in [1.807, 2.05) is 29.0 Å². The summed E-state index contributed by atoms with van der Waals surface area (Å²) in [5.74, 6) is 2.07. The summed E-state index contributed by atoms with van der Waals surface area (Å²) in [5.41, 5.74) is 11.4. The number of aliphatic imine (C=N–C) groups is 1. The van der Waals surface area contributed by atoms with E-state index in [4.69, 9.17) is 31.5 Å². The number of morpholine rings is 2. The lowest BCUT2D eigenvalue weighted by molar-refractivity contribution is -0.144. The minimum atomic E-state index is -0.121. The molecule has 5 atom stereocenters. The normalized spacial score (nSPS) is 22.8. The lowest BCUT2D eigenvalue weighted by atomic mass is 9.86. The van der Waals surface area contributed by atoms with Crippen LogP contribution in [0, 0.1) is 11.8 Å². The number of nitrogens with two attached hydrogens (primary N) is 1. The first-order valence-corrected chi connectivity index (χ1v) is 22.9. The maximum Gasteiger partial charge on any atom is 0.226 e. The minimum Gasteiger partial charge on any atom is -0.487 e. The number of aryl methyl sites for hydroxylation is 2. The summed E-state index contributed by atoms with van der Waals surface area (Å²) in [6.45, 7) is 11.0. The fourth-order valence-corrected chi connectivity index (χ4v) is 11.8. The molecule has 2 saturated heterocycles. The van der Waals surface area contributed by atoms with Crippen LogP contribution in [0.4, 0.5) is 11.5 Å². The highest BCUT2D eigenvalue weighted by molar-refractivity contribution is 7.19. The van der Waals surface area contributed by atoms with Crippen molar-refractivity contribution >= 4 is 84.2 Å². The second-order valence-corrected chi connectivity index (χ2v) is 18.9. The van der Waals surface area contributed by atoms with Crippen molar-refractivity contribution in [2.24, 2.45) is 22.6 Å². The van der Waals surface area contributed by atoms with Gasteiger partial charge < -0.3 is 35.1 Å². The number of nitrogens with one attached hydrogen (secondary N) is 1. The first-order valence-electron chi connectivity index (χ1n) is 20.9. The number of carbonyl (C=O) groups is 2. The summed E-state index contributed by atoms with van der Waals surface area (Å²) in [4.78, 5) is 56.6. The lowest BCUT2D eigenvalue weighted by Gasteiger charge is -2.36. The Labute approximate surface area is 361 Å². The molecule has 0 spiro atoms. The molecule has 0 bridgehead atoms. The molecule has 0 saturated carbocycles. The minimum absolute atomic E-state index is 0.000711. The molecule has 0 radical (unpaired) electrons. The number of rotatable bonds is 7. The number of carbonyl (C=O) groups excluding carboxylic acids is 2. The van der Waals surface area contributed by atoms with Crippen LogP contribution in [0.25, 0.3) is 20.4 Å². The summed E-state index contributed by atoms with van der Waals surface area (Å²) in [6, 6.07) is 4.40. The zero-order chi connectivity index (χ0) is 41.5. The third-order valence-corrected chi connectivity index (χ3v) is 14.9. The van der Waals surface area contributed by atoms with Crippen molar-refractivity contribution in [2.45, 2.75) is 84.0 Å². The van der Waals surface area contributed by atoms with Gasteiger partial charge in [0.05, 0.1) is 61.5 Å². The molecule has 5 aromatic rings. The SMILES string of the molecule is C[C@@H]1COCCN1C(=O)[C@H]1CCc2c(sc3ncnc(Cl)c23)C1.C[C@@H]1COCCN1C(=O)[C@H]1CCc2c(sc3ncnc(Nc4cc5c(cc4O[C@@H](C)CN)CN=C5)c23)C1. The highest BCUT2D eigenvalue weighted by atomic mass is 35.5. The first-order chi connectivity index (χ1) is 29.2. The molecule has 3 aliphatic heterocycles. The lowest BCUT2D eigenvalue weighted by Crippen LogP contribution is -2.50. The Kier molecular flexibility index (Phi) is 12.0. The second-order valence-electron chi connectivity index (χ2n) is 16.4. The molecule has 5 aliphatic rings. The van der Waals surface area contributed by atoms with E-state index in [2.05, 4.69) is 50.2 Å². The van der Waals surface area contributed by atoms with E-state index < -0.39 is 0 Å². The summed E-state index contributed by atoms with van der Waals surface area (Å²) in [6.07, 6.45) is 9.81. The Hall–Kier alpha value is -4.32. The predicted octanol–water partition coefficient (Wildman–Crippen LogP) is 6.14. The van der Waals surface area contributed by atoms with E-state index in [9.17, 15) is 9.59 Å². The first kappa shape index (κ1) is 41.1. The molecule has 4 aromatic heterocycles. The van der Waals surface area contributed by atoms with Gasteiger partial charge in [-0.05, 0) is 93.7 Å². The number of nitrogens with zero attached hydrogens (tertiary/aromatic N) is 7. The maximum absolute atomic E-state index is 13.3. The number of ether oxygens (including phenoxy) is 3. The van der Waals surface area contributed by atoms with Crippen molar-refractivity contribution in [3.63, 3.8) is 0 Å². The van der Waals surface area contributed by atoms with Crippen LogP contribution in [0.2, 0.25) is 5.15 Å². The summed E-state index contributed by atoms with van der Waals surface area (Å²) >= 11 is 9.57. The van der Waals surface area contributed by atoms with Gasteiger partial charge in [0.15, 0.2) is 0 Å². The van der Waals surface area contributed by atoms with Crippen molar-refractivity contribution in [3.05, 3.63) is 61.9 Å². The number of anilines is 2. The van der Waals surface area contributed by atoms with Gasteiger partial charge in [-0.1, -0.05) is 11.6 Å². The van der Waals surface area contributed by atoms with Gasteiger partial charge in [0.2, 0.25) is 11.8 Å². The van der Waals surface area contributed by atoms with Gasteiger partial charge in [-0.15, -0.1) is 22.7 Å². The number of hydrogen-bond acceptors (Lipinski definition) is 14. The summed E-state index contributed by atoms with van der Waals surface area (Å²) < 4.78 is 17.1. The van der Waals surface area contributed by atoms with E-state index >= 15 is 0 Å². The number of fused-ring (bicyclic) bond motifs is 7. The smallest absolute Gasteiger partial charge is 0.226 e. The van der Waals surface area contributed by atoms with Crippen molar-refractivity contribution in [1.82, 2.24) is 29.7 Å². The average molecular weight is 873 g/mol. The molecule has 17 heteroatoms. The van der Waals surface area contributed by atoms with Crippen molar-refractivity contribution in [2.75, 3.05) is 51.4 Å². The Morgan fingerprint density at radius 3 is 2.12 bits per heavy atom.